The van der Waals surface area contributed by atoms with Gasteiger partial charge in [0.05, 0.1) is 49.1 Å². The number of morpholine rings is 1. The summed E-state index contributed by atoms with van der Waals surface area (Å²) in [6.07, 6.45) is 8.63. The average molecular weight is 554 g/mol. The second-order valence-electron chi connectivity index (χ2n) is 10.7. The van der Waals surface area contributed by atoms with E-state index in [-0.39, 0.29) is 36.2 Å². The second-order valence-corrected chi connectivity index (χ2v) is 12.2. The minimum Gasteiger partial charge on any atom is -0.465 e. The number of rotatable bonds is 6. The molecule has 1 spiro atoms. The lowest BCUT2D eigenvalue weighted by Gasteiger charge is -2.39. The third kappa shape index (κ3) is 4.61. The molecular formula is C29H35N3O6S. The average Bonchev–Trinajstić information content (AvgIpc) is 3.33. The van der Waals surface area contributed by atoms with Crippen LogP contribution in [0.4, 0.5) is 0 Å². The number of aliphatic hydroxyl groups excluding tert-OH is 1. The van der Waals surface area contributed by atoms with Crippen molar-refractivity contribution in [1.29, 1.82) is 0 Å². The van der Waals surface area contributed by atoms with Gasteiger partial charge in [0.1, 0.15) is 6.04 Å². The van der Waals surface area contributed by atoms with Crippen LogP contribution in [0, 0.1) is 11.8 Å². The van der Waals surface area contributed by atoms with Crippen LogP contribution in [0.5, 0.6) is 0 Å². The largest absolute Gasteiger partial charge is 0.465 e. The van der Waals surface area contributed by atoms with Gasteiger partial charge in [-0.05, 0) is 12.0 Å². The predicted octanol–water partition coefficient (Wildman–Crippen LogP) is 1.25. The smallest absolute Gasteiger partial charge is 0.311 e. The molecular weight excluding hydrogens is 518 g/mol. The van der Waals surface area contributed by atoms with Gasteiger partial charge in [-0.15, -0.1) is 11.8 Å². The second kappa shape index (κ2) is 11.1. The van der Waals surface area contributed by atoms with Crippen LogP contribution in [0.15, 0.2) is 54.6 Å². The van der Waals surface area contributed by atoms with E-state index in [4.69, 9.17) is 9.47 Å². The number of hydrogen-bond acceptors (Lipinski definition) is 8. The van der Waals surface area contributed by atoms with Crippen molar-refractivity contribution in [3.8, 4) is 0 Å². The summed E-state index contributed by atoms with van der Waals surface area (Å²) in [6.45, 7) is 4.64. The number of fused-ring (bicyclic) bond motifs is 2. The van der Waals surface area contributed by atoms with Crippen LogP contribution in [0.1, 0.15) is 18.0 Å². The summed E-state index contributed by atoms with van der Waals surface area (Å²) in [6, 6.07) is 7.78. The number of thioether (sulfide) groups is 1. The van der Waals surface area contributed by atoms with Crippen molar-refractivity contribution in [2.24, 2.45) is 11.8 Å². The lowest BCUT2D eigenvalue weighted by Crippen LogP contribution is -2.55. The number of hydrogen-bond donors (Lipinski definition) is 1. The number of cyclic esters (lactones) is 1. The van der Waals surface area contributed by atoms with Gasteiger partial charge in [-0.25, -0.2) is 0 Å². The van der Waals surface area contributed by atoms with Crippen molar-refractivity contribution in [3.63, 3.8) is 0 Å². The Morgan fingerprint density at radius 2 is 1.82 bits per heavy atom. The first-order chi connectivity index (χ1) is 19.0. The van der Waals surface area contributed by atoms with E-state index in [1.54, 1.807) is 4.90 Å². The molecule has 3 fully saturated rings. The molecule has 0 aromatic heterocycles. The van der Waals surface area contributed by atoms with E-state index in [1.165, 1.54) is 11.8 Å². The summed E-state index contributed by atoms with van der Waals surface area (Å²) in [5.41, 5.74) is 0.756. The molecule has 6 atom stereocenters. The molecule has 0 radical (unpaired) electrons. The van der Waals surface area contributed by atoms with Crippen molar-refractivity contribution in [3.05, 3.63) is 60.2 Å². The van der Waals surface area contributed by atoms with Gasteiger partial charge in [-0.1, -0.05) is 54.6 Å². The van der Waals surface area contributed by atoms with Crippen molar-refractivity contribution < 1.29 is 29.0 Å². The molecule has 5 heterocycles. The normalized spacial score (nSPS) is 33.6. The van der Waals surface area contributed by atoms with E-state index in [1.807, 2.05) is 59.5 Å². The molecule has 9 nitrogen and oxygen atoms in total. The van der Waals surface area contributed by atoms with Gasteiger partial charge in [0, 0.05) is 38.0 Å². The van der Waals surface area contributed by atoms with Crippen LogP contribution < -0.4 is 0 Å². The van der Waals surface area contributed by atoms with Crippen LogP contribution in [-0.4, -0.2) is 113 Å². The highest BCUT2D eigenvalue weighted by atomic mass is 32.2. The molecule has 1 aromatic carbocycles. The van der Waals surface area contributed by atoms with Crippen molar-refractivity contribution >= 4 is 29.5 Å². The van der Waals surface area contributed by atoms with Gasteiger partial charge in [-0.2, -0.15) is 0 Å². The van der Waals surface area contributed by atoms with Gasteiger partial charge < -0.3 is 24.4 Å². The fourth-order valence-corrected chi connectivity index (χ4v) is 8.73. The van der Waals surface area contributed by atoms with Crippen LogP contribution in [0.25, 0.3) is 0 Å². The van der Waals surface area contributed by atoms with E-state index in [0.717, 1.165) is 25.2 Å². The molecule has 3 saturated heterocycles. The molecule has 0 aliphatic carbocycles. The topological polar surface area (TPSA) is 99.6 Å². The van der Waals surface area contributed by atoms with E-state index < -0.39 is 28.7 Å². The van der Waals surface area contributed by atoms with Crippen molar-refractivity contribution in [2.45, 2.75) is 28.5 Å². The number of amides is 2. The maximum Gasteiger partial charge on any atom is 0.311 e. The summed E-state index contributed by atoms with van der Waals surface area (Å²) in [5, 5.41) is 10.3. The number of carbonyl (C=O) groups is 3. The van der Waals surface area contributed by atoms with E-state index in [0.29, 0.717) is 32.7 Å². The minimum atomic E-state index is -0.937. The Morgan fingerprint density at radius 3 is 2.59 bits per heavy atom. The molecule has 1 unspecified atom stereocenters. The van der Waals surface area contributed by atoms with Gasteiger partial charge in [0.15, 0.2) is 0 Å². The van der Waals surface area contributed by atoms with Crippen LogP contribution in [0.3, 0.4) is 0 Å². The molecule has 0 bridgehead atoms. The van der Waals surface area contributed by atoms with Crippen LogP contribution >= 0.6 is 11.8 Å². The highest BCUT2D eigenvalue weighted by molar-refractivity contribution is 8.02. The Balaban J connectivity index is 1.40. The summed E-state index contributed by atoms with van der Waals surface area (Å²) in [5.74, 6) is -2.26. The van der Waals surface area contributed by atoms with E-state index in [9.17, 15) is 19.5 Å². The van der Waals surface area contributed by atoms with E-state index in [2.05, 4.69) is 4.90 Å². The fourth-order valence-electron chi connectivity index (χ4n) is 6.75. The SMILES string of the molecule is O=C1OCCC=C[C@H]2S[C@]34C=CCN(CCN5CCOCC5)C(=O)C3N([C@H](CO)c3ccccc3)C(=O)[C@@H]4[C@@H]12. The highest BCUT2D eigenvalue weighted by Gasteiger charge is 2.71. The lowest BCUT2D eigenvalue weighted by atomic mass is 9.78. The van der Waals surface area contributed by atoms with Crippen molar-refractivity contribution in [2.75, 3.05) is 59.2 Å². The Labute approximate surface area is 232 Å². The Kier molecular flexibility index (Phi) is 7.54. The zero-order valence-corrected chi connectivity index (χ0v) is 22.7. The van der Waals surface area contributed by atoms with Gasteiger partial charge in [0.2, 0.25) is 11.8 Å². The van der Waals surface area contributed by atoms with Gasteiger partial charge >= 0.3 is 5.97 Å². The molecule has 10 heteroatoms. The van der Waals surface area contributed by atoms with Crippen LogP contribution in [0.2, 0.25) is 0 Å². The maximum atomic E-state index is 14.5. The number of benzene rings is 1. The molecule has 5 aliphatic rings. The quantitative estimate of drug-likeness (QED) is 0.415. The molecule has 1 aromatic rings. The number of ether oxygens (including phenoxy) is 2. The first kappa shape index (κ1) is 26.6. The van der Waals surface area contributed by atoms with Gasteiger partial charge in [-0.3, -0.25) is 19.3 Å². The number of esters is 1. The summed E-state index contributed by atoms with van der Waals surface area (Å²) >= 11 is 1.53. The minimum absolute atomic E-state index is 0.141. The summed E-state index contributed by atoms with van der Waals surface area (Å²) < 4.78 is 10.1. The third-order valence-corrected chi connectivity index (χ3v) is 10.4. The Hall–Kier alpha value is -2.66. The first-order valence-corrected chi connectivity index (χ1v) is 14.7. The summed E-state index contributed by atoms with van der Waals surface area (Å²) in [7, 11) is 0. The number of nitrogens with zero attached hydrogens (tertiary/aromatic N) is 3. The number of aliphatic hydroxyl groups is 1. The zero-order valence-electron chi connectivity index (χ0n) is 21.9. The molecule has 208 valence electrons. The zero-order chi connectivity index (χ0) is 27.0. The molecule has 6 rings (SSSR count). The monoisotopic (exact) mass is 553 g/mol. The molecule has 2 amide bonds. The fraction of sp³-hybridized carbons (Fsp3) is 0.552. The Morgan fingerprint density at radius 1 is 1.03 bits per heavy atom. The maximum absolute atomic E-state index is 14.5. The summed E-state index contributed by atoms with van der Waals surface area (Å²) in [4.78, 5) is 47.9. The molecule has 1 N–H and O–H groups in total. The van der Waals surface area contributed by atoms with E-state index >= 15 is 0 Å². The van der Waals surface area contributed by atoms with Gasteiger partial charge in [0.25, 0.3) is 0 Å². The number of carbonyl (C=O) groups excluding carboxylic acids is 3. The molecule has 39 heavy (non-hydrogen) atoms. The Bertz CT molecular complexity index is 1150. The first-order valence-electron chi connectivity index (χ1n) is 13.8. The highest BCUT2D eigenvalue weighted by Crippen LogP contribution is 2.61. The third-order valence-electron chi connectivity index (χ3n) is 8.62. The van der Waals surface area contributed by atoms with Crippen molar-refractivity contribution in [1.82, 2.24) is 14.7 Å². The lowest BCUT2D eigenvalue weighted by molar-refractivity contribution is -0.153. The van der Waals surface area contributed by atoms with Crippen LogP contribution in [-0.2, 0) is 23.9 Å². The molecule has 0 saturated carbocycles. The predicted molar refractivity (Wildman–Crippen MR) is 146 cm³/mol. The standard InChI is InChI=1S/C29H35N3O6S/c33-19-21(20-7-2-1-3-8-20)32-25-27(35)31(13-12-30-14-17-37-18-15-30)11-6-10-29(25)24(26(32)34)23-22(39-29)9-4-5-16-38-28(23)36/h1-4,6-10,21-25,33H,5,11-19H2/t21-,22-,23+,24+,25?,29+/m1/s1. The number of likely N-dealkylation sites (tertiary alicyclic amines) is 1. The molecule has 5 aliphatic heterocycles.